The Labute approximate surface area is 84.4 Å². The average Bonchev–Trinajstić information content (AvgIpc) is 2.07. The molecule has 1 heterocycles. The van der Waals surface area contributed by atoms with E-state index in [0.717, 1.165) is 18.5 Å². The summed E-state index contributed by atoms with van der Waals surface area (Å²) in [6.45, 7) is 2.13. The number of fused-ring (bicyclic) bond motifs is 1. The third-order valence-electron chi connectivity index (χ3n) is 2.37. The zero-order valence-electron chi connectivity index (χ0n) is 7.58. The van der Waals surface area contributed by atoms with E-state index in [-0.39, 0.29) is 12.4 Å². The van der Waals surface area contributed by atoms with Crippen LogP contribution < -0.4 is 5.32 Å². The molecule has 0 saturated carbocycles. The topological polar surface area (TPSA) is 32.3 Å². The van der Waals surface area contributed by atoms with E-state index < -0.39 is 0 Å². The molecule has 72 valence electrons. The van der Waals surface area contributed by atoms with E-state index in [1.165, 1.54) is 5.56 Å². The molecule has 13 heavy (non-hydrogen) atoms. The molecule has 0 radical (unpaired) electrons. The lowest BCUT2D eigenvalue weighted by atomic mass is 9.99. The van der Waals surface area contributed by atoms with Gasteiger partial charge in [0.15, 0.2) is 0 Å². The summed E-state index contributed by atoms with van der Waals surface area (Å²) < 4.78 is 0. The van der Waals surface area contributed by atoms with Crippen molar-refractivity contribution in [3.63, 3.8) is 0 Å². The van der Waals surface area contributed by atoms with Crippen LogP contribution in [0.3, 0.4) is 0 Å². The second kappa shape index (κ2) is 3.88. The number of rotatable bonds is 0. The van der Waals surface area contributed by atoms with E-state index in [9.17, 15) is 5.11 Å². The normalized spacial score (nSPS) is 19.6. The van der Waals surface area contributed by atoms with Crippen LogP contribution in [-0.4, -0.2) is 11.1 Å². The highest BCUT2D eigenvalue weighted by atomic mass is 35.5. The first kappa shape index (κ1) is 10.2. The van der Waals surface area contributed by atoms with Crippen molar-refractivity contribution in [2.24, 2.45) is 0 Å². The van der Waals surface area contributed by atoms with Crippen molar-refractivity contribution >= 4 is 18.1 Å². The van der Waals surface area contributed by atoms with Gasteiger partial charge in [-0.05, 0) is 31.4 Å². The number of benzene rings is 1. The number of hydrogen-bond acceptors (Lipinski definition) is 2. The summed E-state index contributed by atoms with van der Waals surface area (Å²) in [7, 11) is 0. The van der Waals surface area contributed by atoms with Crippen molar-refractivity contribution in [1.82, 2.24) is 0 Å². The SMILES string of the molecule is CC1CCc2cccc(O)c2N1.Cl. The summed E-state index contributed by atoms with van der Waals surface area (Å²) in [5.74, 6) is 0.374. The fourth-order valence-corrected chi connectivity index (χ4v) is 1.65. The van der Waals surface area contributed by atoms with Gasteiger partial charge in [-0.1, -0.05) is 12.1 Å². The molecule has 0 spiro atoms. The van der Waals surface area contributed by atoms with Crippen molar-refractivity contribution in [2.45, 2.75) is 25.8 Å². The van der Waals surface area contributed by atoms with Crippen LogP contribution in [0.1, 0.15) is 18.9 Å². The number of halogens is 1. The Bertz CT molecular complexity index is 301. The molecule has 1 aliphatic heterocycles. The quantitative estimate of drug-likeness (QED) is 0.630. The van der Waals surface area contributed by atoms with Gasteiger partial charge in [0.05, 0.1) is 5.69 Å². The van der Waals surface area contributed by atoms with Crippen molar-refractivity contribution in [3.8, 4) is 5.75 Å². The molecule has 2 rings (SSSR count). The highest BCUT2D eigenvalue weighted by Crippen LogP contribution is 2.32. The van der Waals surface area contributed by atoms with Gasteiger partial charge in [0.25, 0.3) is 0 Å². The van der Waals surface area contributed by atoms with E-state index in [0.29, 0.717) is 11.8 Å². The van der Waals surface area contributed by atoms with E-state index >= 15 is 0 Å². The standard InChI is InChI=1S/C10H13NO.ClH/c1-7-5-6-8-3-2-4-9(12)10(8)11-7;/h2-4,7,11-12H,5-6H2,1H3;1H. The highest BCUT2D eigenvalue weighted by molar-refractivity contribution is 5.85. The van der Waals surface area contributed by atoms with Gasteiger partial charge in [-0.3, -0.25) is 0 Å². The maximum atomic E-state index is 9.51. The minimum atomic E-state index is 0. The predicted octanol–water partition coefficient (Wildman–Crippen LogP) is 2.56. The Hall–Kier alpha value is -0.890. The first-order chi connectivity index (χ1) is 5.77. The van der Waals surface area contributed by atoms with Crippen molar-refractivity contribution in [1.29, 1.82) is 0 Å². The molecule has 1 atom stereocenters. The van der Waals surface area contributed by atoms with Crippen LogP contribution in [-0.2, 0) is 6.42 Å². The summed E-state index contributed by atoms with van der Waals surface area (Å²) in [5.41, 5.74) is 2.16. The summed E-state index contributed by atoms with van der Waals surface area (Å²) in [6.07, 6.45) is 2.22. The van der Waals surface area contributed by atoms with Gasteiger partial charge in [0.2, 0.25) is 0 Å². The second-order valence-electron chi connectivity index (χ2n) is 3.40. The lowest BCUT2D eigenvalue weighted by molar-refractivity contribution is 0.473. The van der Waals surface area contributed by atoms with Gasteiger partial charge in [-0.25, -0.2) is 0 Å². The summed E-state index contributed by atoms with van der Waals surface area (Å²) in [5, 5.41) is 12.8. The van der Waals surface area contributed by atoms with Gasteiger partial charge < -0.3 is 10.4 Å². The number of aromatic hydroxyl groups is 1. The number of nitrogens with one attached hydrogen (secondary N) is 1. The van der Waals surface area contributed by atoms with Crippen LogP contribution in [0, 0.1) is 0 Å². The van der Waals surface area contributed by atoms with Crippen LogP contribution in [0.15, 0.2) is 18.2 Å². The first-order valence-corrected chi connectivity index (χ1v) is 4.35. The van der Waals surface area contributed by atoms with Crippen LogP contribution in [0.2, 0.25) is 0 Å². The fourth-order valence-electron chi connectivity index (χ4n) is 1.65. The summed E-state index contributed by atoms with van der Waals surface area (Å²) >= 11 is 0. The van der Waals surface area contributed by atoms with Crippen LogP contribution in [0.4, 0.5) is 5.69 Å². The van der Waals surface area contributed by atoms with E-state index in [4.69, 9.17) is 0 Å². The molecule has 0 fully saturated rings. The smallest absolute Gasteiger partial charge is 0.138 e. The molecule has 1 aliphatic rings. The van der Waals surface area contributed by atoms with Gasteiger partial charge >= 0.3 is 0 Å². The minimum absolute atomic E-state index is 0. The molecule has 0 bridgehead atoms. The lowest BCUT2D eigenvalue weighted by Gasteiger charge is -2.24. The maximum absolute atomic E-state index is 9.51. The molecule has 0 aromatic heterocycles. The number of aryl methyl sites for hydroxylation is 1. The van der Waals surface area contributed by atoms with Crippen LogP contribution in [0.5, 0.6) is 5.75 Å². The Morgan fingerprint density at radius 2 is 2.23 bits per heavy atom. The maximum Gasteiger partial charge on any atom is 0.138 e. The van der Waals surface area contributed by atoms with E-state index in [2.05, 4.69) is 18.3 Å². The Morgan fingerprint density at radius 1 is 1.46 bits per heavy atom. The number of phenols is 1. The summed E-state index contributed by atoms with van der Waals surface area (Å²) in [6, 6.07) is 6.16. The predicted molar refractivity (Wildman–Crippen MR) is 56.8 cm³/mol. The first-order valence-electron chi connectivity index (χ1n) is 4.35. The second-order valence-corrected chi connectivity index (χ2v) is 3.40. The van der Waals surface area contributed by atoms with Crippen LogP contribution in [0.25, 0.3) is 0 Å². The fraction of sp³-hybridized carbons (Fsp3) is 0.400. The van der Waals surface area contributed by atoms with Crippen molar-refractivity contribution in [3.05, 3.63) is 23.8 Å². The van der Waals surface area contributed by atoms with E-state index in [1.54, 1.807) is 6.07 Å². The number of hydrogen-bond donors (Lipinski definition) is 2. The number of anilines is 1. The minimum Gasteiger partial charge on any atom is -0.506 e. The molecule has 0 amide bonds. The molecule has 2 nitrogen and oxygen atoms in total. The van der Waals surface area contributed by atoms with E-state index in [1.807, 2.05) is 6.07 Å². The zero-order valence-corrected chi connectivity index (χ0v) is 8.40. The molecular formula is C10H14ClNO. The third-order valence-corrected chi connectivity index (χ3v) is 2.37. The molecule has 1 unspecified atom stereocenters. The van der Waals surface area contributed by atoms with Crippen molar-refractivity contribution < 1.29 is 5.11 Å². The Kier molecular flexibility index (Phi) is 3.04. The molecular weight excluding hydrogens is 186 g/mol. The van der Waals surface area contributed by atoms with Gasteiger partial charge in [-0.2, -0.15) is 0 Å². The molecule has 0 aliphatic carbocycles. The highest BCUT2D eigenvalue weighted by Gasteiger charge is 2.15. The van der Waals surface area contributed by atoms with Crippen LogP contribution >= 0.6 is 12.4 Å². The van der Waals surface area contributed by atoms with Gasteiger partial charge in [0.1, 0.15) is 5.75 Å². The monoisotopic (exact) mass is 199 g/mol. The Morgan fingerprint density at radius 3 is 3.00 bits per heavy atom. The molecule has 0 saturated heterocycles. The number of para-hydroxylation sites is 1. The molecule has 1 aromatic carbocycles. The summed E-state index contributed by atoms with van der Waals surface area (Å²) in [4.78, 5) is 0. The largest absolute Gasteiger partial charge is 0.506 e. The zero-order chi connectivity index (χ0) is 8.55. The average molecular weight is 200 g/mol. The van der Waals surface area contributed by atoms with Gasteiger partial charge in [-0.15, -0.1) is 12.4 Å². The van der Waals surface area contributed by atoms with Gasteiger partial charge in [0, 0.05) is 6.04 Å². The molecule has 3 heteroatoms. The van der Waals surface area contributed by atoms with Crippen molar-refractivity contribution in [2.75, 3.05) is 5.32 Å². The lowest BCUT2D eigenvalue weighted by Crippen LogP contribution is -2.21. The molecule has 2 N–H and O–H groups in total. The molecule has 1 aromatic rings. The third kappa shape index (κ3) is 1.89. The Balaban J connectivity index is 0.000000845. The number of phenolic OH excluding ortho intramolecular Hbond substituents is 1.